The first-order valence-electron chi connectivity index (χ1n) is 8.13. The van der Waals surface area contributed by atoms with E-state index in [0.29, 0.717) is 11.7 Å². The van der Waals surface area contributed by atoms with Crippen LogP contribution in [0.5, 0.6) is 5.75 Å². The van der Waals surface area contributed by atoms with Gasteiger partial charge in [-0.3, -0.25) is 0 Å². The number of rotatable bonds is 5. The summed E-state index contributed by atoms with van der Waals surface area (Å²) >= 11 is 0. The van der Waals surface area contributed by atoms with E-state index in [1.807, 2.05) is 50.3 Å². The molecule has 5 heteroatoms. The third-order valence-corrected chi connectivity index (χ3v) is 4.03. The van der Waals surface area contributed by atoms with Crippen LogP contribution in [0, 0.1) is 0 Å². The lowest BCUT2D eigenvalue weighted by atomic mass is 9.99. The zero-order valence-corrected chi connectivity index (χ0v) is 13.7. The van der Waals surface area contributed by atoms with Gasteiger partial charge < -0.3 is 15.0 Å². The molecule has 1 fully saturated rings. The second kappa shape index (κ2) is 6.54. The molecule has 1 aliphatic rings. The molecule has 0 bridgehead atoms. The Morgan fingerprint density at radius 1 is 1.26 bits per heavy atom. The lowest BCUT2D eigenvalue weighted by Gasteiger charge is -2.17. The third kappa shape index (κ3) is 3.79. The summed E-state index contributed by atoms with van der Waals surface area (Å²) in [6.45, 7) is 4.02. The smallest absolute Gasteiger partial charge is 0.250 e. The van der Waals surface area contributed by atoms with Crippen LogP contribution in [0.15, 0.2) is 28.8 Å². The van der Waals surface area contributed by atoms with E-state index in [-0.39, 0.29) is 6.10 Å². The average Bonchev–Trinajstić information content (AvgIpc) is 3.15. The van der Waals surface area contributed by atoms with Crippen molar-refractivity contribution in [1.29, 1.82) is 0 Å². The minimum Gasteiger partial charge on any atom is -0.491 e. The van der Waals surface area contributed by atoms with Crippen molar-refractivity contribution in [2.75, 3.05) is 0 Å². The van der Waals surface area contributed by atoms with Gasteiger partial charge in [0.15, 0.2) is 5.82 Å². The predicted octanol–water partition coefficient (Wildman–Crippen LogP) is 3.76. The lowest BCUT2D eigenvalue weighted by molar-refractivity contribution is 0.242. The molecule has 0 saturated heterocycles. The standard InChI is InChI=1S/C18H23N3O2/c1-13(2)22-15-7-5-6-14(12-15)8-9-16-20-17(21-23-16)18(19)10-3-4-11-18/h5-9,12-13H,3-4,10-11,19H2,1-2H3/b9-8+. The molecule has 1 aromatic heterocycles. The fourth-order valence-corrected chi connectivity index (χ4v) is 2.87. The minimum absolute atomic E-state index is 0.153. The Labute approximate surface area is 136 Å². The SMILES string of the molecule is CC(C)Oc1cccc(/C=C/c2nc(C3(N)CCCC3)no2)c1. The molecule has 0 atom stereocenters. The van der Waals surface area contributed by atoms with Gasteiger partial charge in [0.1, 0.15) is 5.75 Å². The van der Waals surface area contributed by atoms with Crippen molar-refractivity contribution in [3.05, 3.63) is 41.5 Å². The van der Waals surface area contributed by atoms with Crippen LogP contribution in [0.1, 0.15) is 56.8 Å². The molecule has 5 nitrogen and oxygen atoms in total. The van der Waals surface area contributed by atoms with E-state index in [9.17, 15) is 0 Å². The van der Waals surface area contributed by atoms with E-state index >= 15 is 0 Å². The maximum Gasteiger partial charge on any atom is 0.250 e. The second-order valence-electron chi connectivity index (χ2n) is 6.39. The molecule has 0 amide bonds. The van der Waals surface area contributed by atoms with Gasteiger partial charge in [-0.05, 0) is 50.5 Å². The Hall–Kier alpha value is -2.14. The number of ether oxygens (including phenoxy) is 1. The zero-order chi connectivity index (χ0) is 16.3. The molecule has 1 aliphatic carbocycles. The van der Waals surface area contributed by atoms with Crippen LogP contribution >= 0.6 is 0 Å². The molecule has 23 heavy (non-hydrogen) atoms. The molecule has 122 valence electrons. The molecule has 0 unspecified atom stereocenters. The monoisotopic (exact) mass is 313 g/mol. The van der Waals surface area contributed by atoms with Gasteiger partial charge in [0.2, 0.25) is 0 Å². The van der Waals surface area contributed by atoms with Crippen molar-refractivity contribution in [3.63, 3.8) is 0 Å². The average molecular weight is 313 g/mol. The summed E-state index contributed by atoms with van der Waals surface area (Å²) in [5.74, 6) is 1.94. The maximum absolute atomic E-state index is 6.34. The Kier molecular flexibility index (Phi) is 4.48. The normalized spacial score (nSPS) is 17.2. The number of nitrogens with zero attached hydrogens (tertiary/aromatic N) is 2. The van der Waals surface area contributed by atoms with Crippen molar-refractivity contribution in [1.82, 2.24) is 10.1 Å². The number of nitrogens with two attached hydrogens (primary N) is 1. The van der Waals surface area contributed by atoms with Gasteiger partial charge in [0.25, 0.3) is 5.89 Å². The van der Waals surface area contributed by atoms with Gasteiger partial charge in [-0.2, -0.15) is 4.98 Å². The van der Waals surface area contributed by atoms with Crippen LogP contribution in [-0.4, -0.2) is 16.2 Å². The molecule has 1 saturated carbocycles. The fourth-order valence-electron chi connectivity index (χ4n) is 2.87. The van der Waals surface area contributed by atoms with E-state index in [1.165, 1.54) is 0 Å². The molecule has 2 N–H and O–H groups in total. The highest BCUT2D eigenvalue weighted by atomic mass is 16.5. The number of aromatic nitrogens is 2. The van der Waals surface area contributed by atoms with Gasteiger partial charge >= 0.3 is 0 Å². The molecular weight excluding hydrogens is 290 g/mol. The van der Waals surface area contributed by atoms with Gasteiger partial charge in [0, 0.05) is 6.08 Å². The summed E-state index contributed by atoms with van der Waals surface area (Å²) in [7, 11) is 0. The summed E-state index contributed by atoms with van der Waals surface area (Å²) < 4.78 is 11.0. The van der Waals surface area contributed by atoms with Crippen LogP contribution in [-0.2, 0) is 5.54 Å². The van der Waals surface area contributed by atoms with Gasteiger partial charge in [-0.15, -0.1) is 0 Å². The van der Waals surface area contributed by atoms with Crippen molar-refractivity contribution in [2.45, 2.75) is 51.2 Å². The molecule has 3 rings (SSSR count). The maximum atomic E-state index is 6.34. The van der Waals surface area contributed by atoms with E-state index in [2.05, 4.69) is 10.1 Å². The Morgan fingerprint density at radius 3 is 2.78 bits per heavy atom. The molecule has 2 aromatic rings. The molecule has 0 radical (unpaired) electrons. The summed E-state index contributed by atoms with van der Waals surface area (Å²) in [6, 6.07) is 7.89. The molecular formula is C18H23N3O2. The summed E-state index contributed by atoms with van der Waals surface area (Å²) in [5.41, 5.74) is 6.95. The fraction of sp³-hybridized carbons (Fsp3) is 0.444. The lowest BCUT2D eigenvalue weighted by Crippen LogP contribution is -2.34. The minimum atomic E-state index is -0.416. The number of hydrogen-bond acceptors (Lipinski definition) is 5. The highest BCUT2D eigenvalue weighted by molar-refractivity contribution is 5.66. The third-order valence-electron chi connectivity index (χ3n) is 4.03. The first-order chi connectivity index (χ1) is 11.0. The van der Waals surface area contributed by atoms with E-state index in [0.717, 1.165) is 37.0 Å². The first kappa shape index (κ1) is 15.7. The van der Waals surface area contributed by atoms with Gasteiger partial charge in [-0.1, -0.05) is 30.1 Å². The van der Waals surface area contributed by atoms with E-state index in [4.69, 9.17) is 15.0 Å². The highest BCUT2D eigenvalue weighted by Gasteiger charge is 2.35. The first-order valence-corrected chi connectivity index (χ1v) is 8.13. The summed E-state index contributed by atoms with van der Waals surface area (Å²) in [6.07, 6.45) is 7.98. The topological polar surface area (TPSA) is 74.2 Å². The van der Waals surface area contributed by atoms with Gasteiger partial charge in [0.05, 0.1) is 11.6 Å². The zero-order valence-electron chi connectivity index (χ0n) is 13.7. The Balaban J connectivity index is 1.72. The van der Waals surface area contributed by atoms with Crippen LogP contribution < -0.4 is 10.5 Å². The molecule has 1 heterocycles. The largest absolute Gasteiger partial charge is 0.491 e. The summed E-state index contributed by atoms with van der Waals surface area (Å²) in [5, 5.41) is 4.05. The van der Waals surface area contributed by atoms with Crippen molar-refractivity contribution < 1.29 is 9.26 Å². The Morgan fingerprint density at radius 2 is 2.04 bits per heavy atom. The second-order valence-corrected chi connectivity index (χ2v) is 6.39. The summed E-state index contributed by atoms with van der Waals surface area (Å²) in [4.78, 5) is 4.43. The number of hydrogen-bond donors (Lipinski definition) is 1. The molecule has 1 aromatic carbocycles. The Bertz CT molecular complexity index is 685. The quantitative estimate of drug-likeness (QED) is 0.910. The van der Waals surface area contributed by atoms with Crippen molar-refractivity contribution in [2.24, 2.45) is 5.73 Å². The van der Waals surface area contributed by atoms with Crippen molar-refractivity contribution in [3.8, 4) is 5.75 Å². The van der Waals surface area contributed by atoms with Crippen LogP contribution in [0.4, 0.5) is 0 Å². The molecule has 0 spiro atoms. The highest BCUT2D eigenvalue weighted by Crippen LogP contribution is 2.34. The van der Waals surface area contributed by atoms with Crippen LogP contribution in [0.2, 0.25) is 0 Å². The molecule has 0 aliphatic heterocycles. The van der Waals surface area contributed by atoms with Crippen LogP contribution in [0.25, 0.3) is 12.2 Å². The van der Waals surface area contributed by atoms with Crippen molar-refractivity contribution >= 4 is 12.2 Å². The van der Waals surface area contributed by atoms with Gasteiger partial charge in [-0.25, -0.2) is 0 Å². The van der Waals surface area contributed by atoms with Crippen LogP contribution in [0.3, 0.4) is 0 Å². The predicted molar refractivity (Wildman–Crippen MR) is 89.8 cm³/mol. The van der Waals surface area contributed by atoms with E-state index in [1.54, 1.807) is 0 Å². The number of benzene rings is 1. The van der Waals surface area contributed by atoms with E-state index < -0.39 is 5.54 Å².